The fourth-order valence-corrected chi connectivity index (χ4v) is 2.34. The summed E-state index contributed by atoms with van der Waals surface area (Å²) in [7, 11) is 0. The van der Waals surface area contributed by atoms with Crippen molar-refractivity contribution in [2.75, 3.05) is 32.9 Å². The Morgan fingerprint density at radius 3 is 2.91 bits per heavy atom. The van der Waals surface area contributed by atoms with Crippen molar-refractivity contribution >= 4 is 5.91 Å². The molecule has 0 N–H and O–H groups in total. The Kier molecular flexibility index (Phi) is 4.87. The third-order valence-corrected chi connectivity index (χ3v) is 3.58. The number of rotatable bonds is 6. The van der Waals surface area contributed by atoms with Crippen molar-refractivity contribution in [1.82, 2.24) is 14.7 Å². The number of amides is 1. The van der Waals surface area contributed by atoms with Crippen LogP contribution in [0.4, 0.5) is 4.39 Å². The Morgan fingerprint density at radius 2 is 2.13 bits per heavy atom. The molecule has 122 valence electrons. The predicted molar refractivity (Wildman–Crippen MR) is 80.6 cm³/mol. The van der Waals surface area contributed by atoms with E-state index in [0.29, 0.717) is 38.6 Å². The van der Waals surface area contributed by atoms with Crippen molar-refractivity contribution in [3.8, 4) is 5.75 Å². The number of halogens is 1. The molecule has 1 aromatic heterocycles. The van der Waals surface area contributed by atoms with Gasteiger partial charge in [0.2, 0.25) is 5.91 Å². The predicted octanol–water partition coefficient (Wildman–Crippen LogP) is 1.31. The van der Waals surface area contributed by atoms with Crippen LogP contribution in [-0.4, -0.2) is 53.5 Å². The summed E-state index contributed by atoms with van der Waals surface area (Å²) in [6.07, 6.45) is 3.41. The van der Waals surface area contributed by atoms with Crippen molar-refractivity contribution in [3.05, 3.63) is 48.0 Å². The molecule has 0 saturated carbocycles. The highest BCUT2D eigenvalue weighted by Gasteiger charge is 2.17. The van der Waals surface area contributed by atoms with E-state index in [9.17, 15) is 9.18 Å². The highest BCUT2D eigenvalue weighted by Crippen LogP contribution is 2.11. The van der Waals surface area contributed by atoms with Crippen LogP contribution in [0, 0.1) is 5.82 Å². The van der Waals surface area contributed by atoms with Crippen LogP contribution in [0.15, 0.2) is 36.7 Å². The zero-order chi connectivity index (χ0) is 16.1. The molecule has 1 aliphatic heterocycles. The molecule has 2 heterocycles. The third kappa shape index (κ3) is 4.29. The van der Waals surface area contributed by atoms with Gasteiger partial charge in [0.25, 0.3) is 0 Å². The summed E-state index contributed by atoms with van der Waals surface area (Å²) >= 11 is 0. The molecule has 1 fully saturated rings. The van der Waals surface area contributed by atoms with Crippen LogP contribution in [0.3, 0.4) is 0 Å². The van der Waals surface area contributed by atoms with Gasteiger partial charge in [-0.25, -0.2) is 4.39 Å². The molecule has 0 atom stereocenters. The van der Waals surface area contributed by atoms with Gasteiger partial charge in [-0.1, -0.05) is 12.1 Å². The fourth-order valence-electron chi connectivity index (χ4n) is 2.34. The Labute approximate surface area is 133 Å². The van der Waals surface area contributed by atoms with E-state index < -0.39 is 0 Å². The smallest absolute Gasteiger partial charge is 0.248 e. The van der Waals surface area contributed by atoms with Gasteiger partial charge >= 0.3 is 0 Å². The number of carbonyl (C=O) groups is 1. The maximum atomic E-state index is 12.9. The maximum Gasteiger partial charge on any atom is 0.248 e. The molecule has 1 saturated heterocycles. The second-order valence-corrected chi connectivity index (χ2v) is 5.28. The van der Waals surface area contributed by atoms with Gasteiger partial charge in [-0.2, -0.15) is 5.10 Å². The minimum absolute atomic E-state index is 0.00754. The summed E-state index contributed by atoms with van der Waals surface area (Å²) in [5.41, 5.74) is 0.958. The molecule has 1 amide bonds. The van der Waals surface area contributed by atoms with Gasteiger partial charge < -0.3 is 14.4 Å². The van der Waals surface area contributed by atoms with E-state index in [4.69, 9.17) is 9.47 Å². The van der Waals surface area contributed by atoms with E-state index >= 15 is 0 Å². The maximum absolute atomic E-state index is 12.9. The number of morpholine rings is 1. The monoisotopic (exact) mass is 319 g/mol. The van der Waals surface area contributed by atoms with Crippen molar-refractivity contribution < 1.29 is 18.7 Å². The average Bonchev–Trinajstić information content (AvgIpc) is 2.99. The zero-order valence-corrected chi connectivity index (χ0v) is 12.7. The van der Waals surface area contributed by atoms with Crippen LogP contribution in [0.1, 0.15) is 5.56 Å². The zero-order valence-electron chi connectivity index (χ0n) is 12.7. The van der Waals surface area contributed by atoms with Crippen LogP contribution in [0.5, 0.6) is 5.75 Å². The quantitative estimate of drug-likeness (QED) is 0.805. The molecule has 23 heavy (non-hydrogen) atoms. The van der Waals surface area contributed by atoms with Crippen molar-refractivity contribution in [2.24, 2.45) is 0 Å². The molecule has 7 heteroatoms. The molecule has 1 aromatic carbocycles. The number of hydrogen-bond donors (Lipinski definition) is 0. The van der Waals surface area contributed by atoms with Crippen LogP contribution in [-0.2, 0) is 16.1 Å². The van der Waals surface area contributed by atoms with E-state index in [1.807, 2.05) is 0 Å². The number of benzene rings is 1. The highest BCUT2D eigenvalue weighted by atomic mass is 19.1. The summed E-state index contributed by atoms with van der Waals surface area (Å²) in [5.74, 6) is 0.385. The first kappa shape index (κ1) is 15.5. The highest BCUT2D eigenvalue weighted by molar-refractivity contribution is 5.77. The number of hydrogen-bond acceptors (Lipinski definition) is 4. The van der Waals surface area contributed by atoms with Crippen molar-refractivity contribution in [1.29, 1.82) is 0 Å². The van der Waals surface area contributed by atoms with Gasteiger partial charge in [-0.3, -0.25) is 9.48 Å². The first-order valence-electron chi connectivity index (χ1n) is 7.46. The first-order valence-corrected chi connectivity index (χ1v) is 7.46. The summed E-state index contributed by atoms with van der Waals surface area (Å²) in [5, 5.41) is 4.21. The Hall–Kier alpha value is -2.41. The van der Waals surface area contributed by atoms with Gasteiger partial charge in [-0.15, -0.1) is 0 Å². The first-order chi connectivity index (χ1) is 11.2. The van der Waals surface area contributed by atoms with Gasteiger partial charge in [0.05, 0.1) is 32.1 Å². The van der Waals surface area contributed by atoms with E-state index in [0.717, 1.165) is 5.56 Å². The average molecular weight is 319 g/mol. The summed E-state index contributed by atoms with van der Waals surface area (Å²) < 4.78 is 25.3. The molecule has 6 nitrogen and oxygen atoms in total. The molecular weight excluding hydrogens is 301 g/mol. The van der Waals surface area contributed by atoms with Crippen LogP contribution >= 0.6 is 0 Å². The molecule has 2 aromatic rings. The van der Waals surface area contributed by atoms with E-state index in [2.05, 4.69) is 5.10 Å². The molecule has 0 radical (unpaired) electrons. The molecule has 0 aliphatic carbocycles. The standard InChI is InChI=1S/C16H18FN3O3/c17-14-3-1-13(2-4-14)10-20-11-15(9-18-20)23-8-6-19-5-7-22-12-16(19)21/h1-4,9,11H,5-8,10,12H2. The number of ether oxygens (including phenoxy) is 2. The Bertz CT molecular complexity index is 657. The van der Waals surface area contributed by atoms with E-state index in [1.54, 1.807) is 34.1 Å². The summed E-state index contributed by atoms with van der Waals surface area (Å²) in [4.78, 5) is 13.3. The Balaban J connectivity index is 1.47. The van der Waals surface area contributed by atoms with Gasteiger partial charge in [-0.05, 0) is 17.7 Å². The van der Waals surface area contributed by atoms with Crippen LogP contribution < -0.4 is 4.74 Å². The van der Waals surface area contributed by atoms with Crippen LogP contribution in [0.25, 0.3) is 0 Å². The lowest BCUT2D eigenvalue weighted by Gasteiger charge is -2.26. The lowest BCUT2D eigenvalue weighted by Crippen LogP contribution is -2.43. The minimum Gasteiger partial charge on any atom is -0.488 e. The fraction of sp³-hybridized carbons (Fsp3) is 0.375. The third-order valence-electron chi connectivity index (χ3n) is 3.58. The summed E-state index contributed by atoms with van der Waals surface area (Å²) in [6.45, 7) is 2.81. The number of carbonyl (C=O) groups excluding carboxylic acids is 1. The molecule has 3 rings (SSSR count). The molecule has 1 aliphatic rings. The van der Waals surface area contributed by atoms with Gasteiger partial charge in [0, 0.05) is 6.54 Å². The second-order valence-electron chi connectivity index (χ2n) is 5.28. The molecular formula is C16H18FN3O3. The van der Waals surface area contributed by atoms with Crippen LogP contribution in [0.2, 0.25) is 0 Å². The molecule has 0 spiro atoms. The SMILES string of the molecule is O=C1COCCN1CCOc1cnn(Cc2ccc(F)cc2)c1. The van der Waals surface area contributed by atoms with E-state index in [-0.39, 0.29) is 18.3 Å². The van der Waals surface area contributed by atoms with E-state index in [1.165, 1.54) is 12.1 Å². The lowest BCUT2D eigenvalue weighted by molar-refractivity contribution is -0.143. The topological polar surface area (TPSA) is 56.6 Å². The molecule has 0 bridgehead atoms. The summed E-state index contributed by atoms with van der Waals surface area (Å²) in [6, 6.07) is 6.30. The van der Waals surface area contributed by atoms with Crippen molar-refractivity contribution in [3.63, 3.8) is 0 Å². The minimum atomic E-state index is -0.254. The lowest BCUT2D eigenvalue weighted by atomic mass is 10.2. The van der Waals surface area contributed by atoms with Crippen molar-refractivity contribution in [2.45, 2.75) is 6.54 Å². The number of aromatic nitrogens is 2. The Morgan fingerprint density at radius 1 is 1.30 bits per heavy atom. The van der Waals surface area contributed by atoms with Gasteiger partial charge in [0.15, 0.2) is 5.75 Å². The second kappa shape index (κ2) is 7.23. The normalized spacial score (nSPS) is 15.0. The largest absolute Gasteiger partial charge is 0.488 e. The van der Waals surface area contributed by atoms with Gasteiger partial charge in [0.1, 0.15) is 19.0 Å². The number of nitrogens with zero attached hydrogens (tertiary/aromatic N) is 3. The molecule has 0 unspecified atom stereocenters.